The van der Waals surface area contributed by atoms with E-state index in [0.29, 0.717) is 0 Å². The number of carbonyl (C=O) groups excluding carboxylic acids is 1. The number of rotatable bonds is 2. The van der Waals surface area contributed by atoms with Gasteiger partial charge in [-0.05, 0) is 6.07 Å². The van der Waals surface area contributed by atoms with E-state index in [4.69, 9.17) is 16.7 Å². The molecule has 1 heterocycles. The molecule has 1 amide bonds. The van der Waals surface area contributed by atoms with Gasteiger partial charge in [-0.2, -0.15) is 5.26 Å². The van der Waals surface area contributed by atoms with Gasteiger partial charge >= 0.3 is 6.36 Å². The number of aromatic nitrogens is 1. The van der Waals surface area contributed by atoms with Crippen LogP contribution in [0.15, 0.2) is 6.07 Å². The van der Waals surface area contributed by atoms with Crippen molar-refractivity contribution >= 4 is 11.6 Å². The highest BCUT2D eigenvalue weighted by Gasteiger charge is 2.33. The minimum Gasteiger partial charge on any atom is -0.394 e. The second kappa shape index (κ2) is 4.17. The summed E-state index contributed by atoms with van der Waals surface area (Å²) in [6.45, 7) is 0. The van der Waals surface area contributed by atoms with Crippen molar-refractivity contribution in [2.75, 3.05) is 5.73 Å². The Morgan fingerprint density at radius 3 is 2.53 bits per heavy atom. The van der Waals surface area contributed by atoms with Crippen LogP contribution in [0, 0.1) is 11.3 Å². The average Bonchev–Trinajstić information content (AvgIpc) is 2.18. The number of halogens is 3. The lowest BCUT2D eigenvalue weighted by Crippen LogP contribution is -2.21. The largest absolute Gasteiger partial charge is 0.574 e. The van der Waals surface area contributed by atoms with E-state index in [1.165, 1.54) is 6.07 Å². The van der Waals surface area contributed by atoms with E-state index in [-0.39, 0.29) is 0 Å². The molecule has 90 valence electrons. The van der Waals surface area contributed by atoms with Gasteiger partial charge in [0.2, 0.25) is 5.88 Å². The summed E-state index contributed by atoms with van der Waals surface area (Å²) in [6.07, 6.45) is -5.04. The summed E-state index contributed by atoms with van der Waals surface area (Å²) in [6, 6.07) is 2.33. The van der Waals surface area contributed by atoms with Crippen molar-refractivity contribution < 1.29 is 22.7 Å². The Kier molecular flexibility index (Phi) is 3.08. The number of nitrogen functional groups attached to an aromatic ring is 1. The van der Waals surface area contributed by atoms with Crippen LogP contribution in [-0.4, -0.2) is 17.3 Å². The molecule has 0 fully saturated rings. The van der Waals surface area contributed by atoms with Gasteiger partial charge in [-0.15, -0.1) is 13.2 Å². The van der Waals surface area contributed by atoms with Crippen molar-refractivity contribution in [1.29, 1.82) is 5.26 Å². The monoisotopic (exact) mass is 246 g/mol. The van der Waals surface area contributed by atoms with Crippen LogP contribution in [0.25, 0.3) is 0 Å². The molecule has 0 bridgehead atoms. The minimum atomic E-state index is -5.04. The highest BCUT2D eigenvalue weighted by Crippen LogP contribution is 2.29. The third-order valence-corrected chi connectivity index (χ3v) is 1.62. The molecule has 6 nitrogen and oxygen atoms in total. The van der Waals surface area contributed by atoms with Gasteiger partial charge in [-0.1, -0.05) is 0 Å². The lowest BCUT2D eigenvalue weighted by Gasteiger charge is -2.11. The first-order chi connectivity index (χ1) is 7.74. The molecule has 1 aromatic rings. The SMILES string of the molecule is N#Cc1cc(C(N)=O)c(N)c(OC(F)(F)F)n1. The van der Waals surface area contributed by atoms with E-state index in [0.717, 1.165) is 6.07 Å². The molecule has 1 aromatic heterocycles. The number of primary amides is 1. The standard InChI is InChI=1S/C8H5F3N4O2/c9-8(10,11)17-7-5(13)4(6(14)16)1-3(2-12)15-7/h1H,13H2,(H2,14,16). The van der Waals surface area contributed by atoms with Crippen LogP contribution in [-0.2, 0) is 0 Å². The average molecular weight is 246 g/mol. The molecular formula is C8H5F3N4O2. The van der Waals surface area contributed by atoms with Crippen LogP contribution in [0.2, 0.25) is 0 Å². The van der Waals surface area contributed by atoms with E-state index >= 15 is 0 Å². The maximum Gasteiger partial charge on any atom is 0.574 e. The van der Waals surface area contributed by atoms with Gasteiger partial charge in [0.05, 0.1) is 5.56 Å². The summed E-state index contributed by atoms with van der Waals surface area (Å²) in [4.78, 5) is 14.1. The van der Waals surface area contributed by atoms with Gasteiger partial charge in [0, 0.05) is 0 Å². The molecule has 9 heteroatoms. The lowest BCUT2D eigenvalue weighted by molar-refractivity contribution is -0.275. The van der Waals surface area contributed by atoms with Gasteiger partial charge in [0.15, 0.2) is 0 Å². The van der Waals surface area contributed by atoms with Gasteiger partial charge < -0.3 is 16.2 Å². The smallest absolute Gasteiger partial charge is 0.394 e. The van der Waals surface area contributed by atoms with Gasteiger partial charge in [-0.3, -0.25) is 4.79 Å². The predicted octanol–water partition coefficient (Wildman–Crippen LogP) is 0.533. The highest BCUT2D eigenvalue weighted by molar-refractivity contribution is 5.99. The minimum absolute atomic E-state index is 0.462. The number of carbonyl (C=O) groups is 1. The molecule has 0 unspecified atom stereocenters. The first kappa shape index (κ1) is 12.6. The van der Waals surface area contributed by atoms with Crippen LogP contribution >= 0.6 is 0 Å². The Bertz CT molecular complexity index is 507. The zero-order chi connectivity index (χ0) is 13.2. The van der Waals surface area contributed by atoms with Crippen molar-refractivity contribution in [3.63, 3.8) is 0 Å². The number of nitrogens with zero attached hydrogens (tertiary/aromatic N) is 2. The molecule has 0 spiro atoms. The maximum atomic E-state index is 12.0. The number of ether oxygens (including phenoxy) is 1. The molecule has 0 radical (unpaired) electrons. The van der Waals surface area contributed by atoms with Crippen molar-refractivity contribution in [3.05, 3.63) is 17.3 Å². The second-order valence-electron chi connectivity index (χ2n) is 2.80. The van der Waals surface area contributed by atoms with E-state index in [1.807, 2.05) is 0 Å². The summed E-state index contributed by atoms with van der Waals surface area (Å²) in [5.74, 6) is -2.17. The van der Waals surface area contributed by atoms with Crippen molar-refractivity contribution in [1.82, 2.24) is 4.98 Å². The van der Waals surface area contributed by atoms with Crippen molar-refractivity contribution in [2.24, 2.45) is 5.73 Å². The fourth-order valence-electron chi connectivity index (χ4n) is 0.980. The first-order valence-electron chi connectivity index (χ1n) is 4.00. The summed E-state index contributed by atoms with van der Waals surface area (Å²) in [7, 11) is 0. The molecular weight excluding hydrogens is 241 g/mol. The van der Waals surface area contributed by atoms with E-state index in [2.05, 4.69) is 9.72 Å². The lowest BCUT2D eigenvalue weighted by atomic mass is 10.2. The predicted molar refractivity (Wildman–Crippen MR) is 48.6 cm³/mol. The topological polar surface area (TPSA) is 115 Å². The van der Waals surface area contributed by atoms with Crippen molar-refractivity contribution in [2.45, 2.75) is 6.36 Å². The molecule has 4 N–H and O–H groups in total. The van der Waals surface area contributed by atoms with E-state index < -0.39 is 35.1 Å². The van der Waals surface area contributed by atoms with Crippen LogP contribution in [0.3, 0.4) is 0 Å². The Hall–Kier alpha value is -2.50. The number of nitriles is 1. The molecule has 0 aliphatic rings. The third-order valence-electron chi connectivity index (χ3n) is 1.62. The summed E-state index contributed by atoms with van der Waals surface area (Å²) in [5.41, 5.74) is 8.50. The zero-order valence-corrected chi connectivity index (χ0v) is 8.08. The molecule has 17 heavy (non-hydrogen) atoms. The van der Waals surface area contributed by atoms with Crippen LogP contribution in [0.1, 0.15) is 16.1 Å². The molecule has 0 saturated heterocycles. The summed E-state index contributed by atoms with van der Waals surface area (Å²) in [5, 5.41) is 8.52. The second-order valence-corrected chi connectivity index (χ2v) is 2.80. The van der Waals surface area contributed by atoms with Gasteiger partial charge in [0.25, 0.3) is 5.91 Å². The van der Waals surface area contributed by atoms with Crippen molar-refractivity contribution in [3.8, 4) is 11.9 Å². The van der Waals surface area contributed by atoms with Crippen LogP contribution in [0.4, 0.5) is 18.9 Å². The molecule has 1 rings (SSSR count). The molecule has 0 aromatic carbocycles. The first-order valence-corrected chi connectivity index (χ1v) is 4.00. The summed E-state index contributed by atoms with van der Waals surface area (Å²) < 4.78 is 39.4. The van der Waals surface area contributed by atoms with Gasteiger partial charge in [-0.25, -0.2) is 4.98 Å². The molecule has 0 aliphatic carbocycles. The molecule has 0 saturated carbocycles. The zero-order valence-electron chi connectivity index (χ0n) is 8.08. The van der Waals surface area contributed by atoms with Gasteiger partial charge in [0.1, 0.15) is 17.5 Å². The molecule has 0 aliphatic heterocycles. The van der Waals surface area contributed by atoms with Crippen LogP contribution in [0.5, 0.6) is 5.88 Å². The number of hydrogen-bond donors (Lipinski definition) is 2. The normalized spacial score (nSPS) is 10.7. The van der Waals surface area contributed by atoms with Crippen LogP contribution < -0.4 is 16.2 Å². The number of nitrogens with two attached hydrogens (primary N) is 2. The van der Waals surface area contributed by atoms with E-state index in [9.17, 15) is 18.0 Å². The molecule has 0 atom stereocenters. The maximum absolute atomic E-state index is 12.0. The number of hydrogen-bond acceptors (Lipinski definition) is 5. The highest BCUT2D eigenvalue weighted by atomic mass is 19.4. The van der Waals surface area contributed by atoms with E-state index in [1.54, 1.807) is 0 Å². The fraction of sp³-hybridized carbons (Fsp3) is 0.125. The number of anilines is 1. The third kappa shape index (κ3) is 2.97. The number of amides is 1. The number of pyridine rings is 1. The Morgan fingerprint density at radius 1 is 1.53 bits per heavy atom. The summed E-state index contributed by atoms with van der Waals surface area (Å²) >= 11 is 0. The fourth-order valence-corrected chi connectivity index (χ4v) is 0.980. The number of alkyl halides is 3. The Labute approximate surface area is 92.6 Å². The quantitative estimate of drug-likeness (QED) is 0.789. The Balaban J connectivity index is 3.35. The Morgan fingerprint density at radius 2 is 2.12 bits per heavy atom.